The molecule has 2 N–H and O–H groups in total. The van der Waals surface area contributed by atoms with Crippen molar-refractivity contribution >= 4 is 23.1 Å². The van der Waals surface area contributed by atoms with E-state index in [1.54, 1.807) is 23.5 Å². The minimum absolute atomic E-state index is 0.0340. The molecule has 0 amide bonds. The molecule has 0 saturated heterocycles. The molecule has 0 aliphatic heterocycles. The van der Waals surface area contributed by atoms with Crippen molar-refractivity contribution in [2.24, 2.45) is 0 Å². The molecule has 0 fully saturated rings. The Morgan fingerprint density at radius 3 is 2.94 bits per heavy atom. The molecule has 7 heteroatoms. The summed E-state index contributed by atoms with van der Waals surface area (Å²) in [7, 11) is 0. The molecule has 0 radical (unpaired) electrons. The highest BCUT2D eigenvalue weighted by atomic mass is 32.1. The van der Waals surface area contributed by atoms with Crippen LogP contribution in [0.15, 0.2) is 18.2 Å². The molecule has 2 aromatic heterocycles. The van der Waals surface area contributed by atoms with Gasteiger partial charge in [-0.1, -0.05) is 6.07 Å². The second-order valence-electron chi connectivity index (χ2n) is 3.60. The fourth-order valence-corrected chi connectivity index (χ4v) is 2.10. The topological polar surface area (TPSA) is 88.0 Å². The molecule has 0 aliphatic carbocycles. The summed E-state index contributed by atoms with van der Waals surface area (Å²) in [6.45, 7) is 2.55. The number of aryl methyl sites for hydroxylation is 1. The number of carboxylic acids is 1. The van der Waals surface area contributed by atoms with Gasteiger partial charge >= 0.3 is 5.97 Å². The molecule has 0 saturated carbocycles. The van der Waals surface area contributed by atoms with Gasteiger partial charge < -0.3 is 10.4 Å². The fourth-order valence-electron chi connectivity index (χ4n) is 1.39. The smallest absolute Gasteiger partial charge is 0.354 e. The van der Waals surface area contributed by atoms with E-state index in [4.69, 9.17) is 5.11 Å². The lowest BCUT2D eigenvalue weighted by molar-refractivity contribution is 0.0690. The first-order valence-electron chi connectivity index (χ1n) is 5.38. The number of hydrogen-bond donors (Lipinski definition) is 2. The summed E-state index contributed by atoms with van der Waals surface area (Å²) in [6.07, 6.45) is 0.741. The molecule has 0 bridgehead atoms. The number of aromatic carboxylic acids is 1. The Morgan fingerprint density at radius 2 is 2.28 bits per heavy atom. The number of aromatic nitrogens is 3. The molecule has 0 aliphatic rings. The lowest BCUT2D eigenvalue weighted by atomic mass is 10.3. The standard InChI is InChI=1S/C11H12N4O2S/c1-7-14-15-10(18-7)5-6-12-9-4-2-3-8(13-9)11(16)17/h2-4H,5-6H2,1H3,(H,12,13)(H,16,17). The maximum Gasteiger partial charge on any atom is 0.354 e. The Bertz CT molecular complexity index is 555. The van der Waals surface area contributed by atoms with Crippen LogP contribution in [0, 0.1) is 6.92 Å². The molecule has 0 spiro atoms. The summed E-state index contributed by atoms with van der Waals surface area (Å²) >= 11 is 1.55. The van der Waals surface area contributed by atoms with Crippen LogP contribution in [-0.2, 0) is 6.42 Å². The molecule has 2 rings (SSSR count). The van der Waals surface area contributed by atoms with Crippen molar-refractivity contribution in [3.63, 3.8) is 0 Å². The second-order valence-corrected chi connectivity index (χ2v) is 4.87. The lowest BCUT2D eigenvalue weighted by Crippen LogP contribution is -2.08. The molecular formula is C11H12N4O2S. The van der Waals surface area contributed by atoms with Crippen LogP contribution in [0.5, 0.6) is 0 Å². The van der Waals surface area contributed by atoms with Gasteiger partial charge in [-0.25, -0.2) is 9.78 Å². The van der Waals surface area contributed by atoms with Gasteiger partial charge in [0.2, 0.25) is 0 Å². The molecule has 0 atom stereocenters. The van der Waals surface area contributed by atoms with E-state index in [0.717, 1.165) is 16.4 Å². The summed E-state index contributed by atoms with van der Waals surface area (Å²) in [5.41, 5.74) is 0.0340. The van der Waals surface area contributed by atoms with E-state index in [1.807, 2.05) is 6.92 Å². The van der Waals surface area contributed by atoms with Crippen LogP contribution < -0.4 is 5.32 Å². The number of carbonyl (C=O) groups is 1. The zero-order valence-electron chi connectivity index (χ0n) is 9.75. The third kappa shape index (κ3) is 3.24. The van der Waals surface area contributed by atoms with E-state index in [-0.39, 0.29) is 5.69 Å². The normalized spacial score (nSPS) is 10.3. The highest BCUT2D eigenvalue weighted by Gasteiger charge is 2.05. The van der Waals surface area contributed by atoms with Crippen LogP contribution in [0.3, 0.4) is 0 Å². The van der Waals surface area contributed by atoms with Crippen LogP contribution in [0.4, 0.5) is 5.82 Å². The van der Waals surface area contributed by atoms with Crippen molar-refractivity contribution in [3.8, 4) is 0 Å². The molecule has 0 aromatic carbocycles. The van der Waals surface area contributed by atoms with Crippen LogP contribution in [-0.4, -0.2) is 32.8 Å². The number of carboxylic acid groups (broad SMARTS) is 1. The van der Waals surface area contributed by atoms with Gasteiger partial charge in [0.05, 0.1) is 0 Å². The summed E-state index contributed by atoms with van der Waals surface area (Å²) in [5.74, 6) is -0.477. The minimum Gasteiger partial charge on any atom is -0.477 e. The van der Waals surface area contributed by atoms with Crippen LogP contribution in [0.1, 0.15) is 20.5 Å². The molecular weight excluding hydrogens is 252 g/mol. The summed E-state index contributed by atoms with van der Waals surface area (Å²) < 4.78 is 0. The number of rotatable bonds is 5. The van der Waals surface area contributed by atoms with Crippen molar-refractivity contribution in [2.75, 3.05) is 11.9 Å². The summed E-state index contributed by atoms with van der Waals surface area (Å²) in [4.78, 5) is 14.7. The summed E-state index contributed by atoms with van der Waals surface area (Å²) in [6, 6.07) is 4.85. The predicted octanol–water partition coefficient (Wildman–Crippen LogP) is 1.59. The van der Waals surface area contributed by atoms with Crippen LogP contribution >= 0.6 is 11.3 Å². The summed E-state index contributed by atoms with van der Waals surface area (Å²) in [5, 5.41) is 21.7. The Hall–Kier alpha value is -2.02. The third-order valence-electron chi connectivity index (χ3n) is 2.18. The SMILES string of the molecule is Cc1nnc(CCNc2cccc(C(=O)O)n2)s1. The van der Waals surface area contributed by atoms with Gasteiger partial charge in [-0.15, -0.1) is 21.5 Å². The van der Waals surface area contributed by atoms with E-state index in [2.05, 4.69) is 20.5 Å². The predicted molar refractivity (Wildman–Crippen MR) is 68.0 cm³/mol. The molecule has 6 nitrogen and oxygen atoms in total. The molecule has 94 valence electrons. The fraction of sp³-hybridized carbons (Fsp3) is 0.273. The second kappa shape index (κ2) is 5.54. The van der Waals surface area contributed by atoms with E-state index in [1.165, 1.54) is 6.07 Å². The zero-order chi connectivity index (χ0) is 13.0. The average Bonchev–Trinajstić information content (AvgIpc) is 2.75. The van der Waals surface area contributed by atoms with E-state index in [0.29, 0.717) is 12.4 Å². The van der Waals surface area contributed by atoms with Gasteiger partial charge in [0, 0.05) is 13.0 Å². The van der Waals surface area contributed by atoms with Crippen molar-refractivity contribution in [3.05, 3.63) is 33.9 Å². The minimum atomic E-state index is -1.03. The number of nitrogens with one attached hydrogen (secondary N) is 1. The van der Waals surface area contributed by atoms with Crippen molar-refractivity contribution in [1.82, 2.24) is 15.2 Å². The van der Waals surface area contributed by atoms with Gasteiger partial charge in [-0.3, -0.25) is 0 Å². The average molecular weight is 264 g/mol. The van der Waals surface area contributed by atoms with Gasteiger partial charge in [0.25, 0.3) is 0 Å². The Morgan fingerprint density at radius 1 is 1.44 bits per heavy atom. The molecule has 2 aromatic rings. The quantitative estimate of drug-likeness (QED) is 0.852. The van der Waals surface area contributed by atoms with Gasteiger partial charge in [0.1, 0.15) is 15.8 Å². The molecule has 2 heterocycles. The Kier molecular flexibility index (Phi) is 3.83. The van der Waals surface area contributed by atoms with Crippen molar-refractivity contribution in [2.45, 2.75) is 13.3 Å². The Balaban J connectivity index is 1.90. The van der Waals surface area contributed by atoms with E-state index in [9.17, 15) is 4.79 Å². The largest absolute Gasteiger partial charge is 0.477 e. The number of anilines is 1. The van der Waals surface area contributed by atoms with E-state index >= 15 is 0 Å². The van der Waals surface area contributed by atoms with Gasteiger partial charge in [0.15, 0.2) is 5.69 Å². The molecule has 0 unspecified atom stereocenters. The van der Waals surface area contributed by atoms with Crippen molar-refractivity contribution < 1.29 is 9.90 Å². The number of hydrogen-bond acceptors (Lipinski definition) is 6. The lowest BCUT2D eigenvalue weighted by Gasteiger charge is -2.04. The van der Waals surface area contributed by atoms with Gasteiger partial charge in [-0.05, 0) is 19.1 Å². The highest BCUT2D eigenvalue weighted by molar-refractivity contribution is 7.11. The first-order valence-corrected chi connectivity index (χ1v) is 6.20. The highest BCUT2D eigenvalue weighted by Crippen LogP contribution is 2.09. The van der Waals surface area contributed by atoms with E-state index < -0.39 is 5.97 Å². The number of nitrogens with zero attached hydrogens (tertiary/aromatic N) is 3. The first-order chi connectivity index (χ1) is 8.65. The number of pyridine rings is 1. The monoisotopic (exact) mass is 264 g/mol. The van der Waals surface area contributed by atoms with Crippen LogP contribution in [0.25, 0.3) is 0 Å². The first kappa shape index (κ1) is 12.4. The maximum absolute atomic E-state index is 10.7. The van der Waals surface area contributed by atoms with Crippen molar-refractivity contribution in [1.29, 1.82) is 0 Å². The zero-order valence-corrected chi connectivity index (χ0v) is 10.6. The molecule has 18 heavy (non-hydrogen) atoms. The third-order valence-corrected chi connectivity index (χ3v) is 3.08. The Labute approximate surface area is 108 Å². The van der Waals surface area contributed by atoms with Crippen LogP contribution in [0.2, 0.25) is 0 Å². The van der Waals surface area contributed by atoms with Gasteiger partial charge in [-0.2, -0.15) is 0 Å². The maximum atomic E-state index is 10.7.